The molecule has 78 valence electrons. The van der Waals surface area contributed by atoms with E-state index in [4.69, 9.17) is 10.8 Å². The Bertz CT molecular complexity index is 140. The maximum atomic E-state index is 8.79. The van der Waals surface area contributed by atoms with Crippen LogP contribution in [0.4, 0.5) is 0 Å². The van der Waals surface area contributed by atoms with Crippen LogP contribution in [0, 0.1) is 0 Å². The van der Waals surface area contributed by atoms with Gasteiger partial charge in [-0.2, -0.15) is 0 Å². The van der Waals surface area contributed by atoms with Crippen LogP contribution in [0.3, 0.4) is 0 Å². The van der Waals surface area contributed by atoms with Crippen molar-refractivity contribution in [2.45, 2.75) is 25.8 Å². The predicted octanol–water partition coefficient (Wildman–Crippen LogP) is 0.594. The van der Waals surface area contributed by atoms with Gasteiger partial charge in [0.2, 0.25) is 0 Å². The molecule has 0 aromatic rings. The van der Waals surface area contributed by atoms with E-state index in [1.165, 1.54) is 0 Å². The molecule has 0 saturated heterocycles. The Labute approximate surface area is 81.2 Å². The lowest BCUT2D eigenvalue weighted by Crippen LogP contribution is -2.38. The van der Waals surface area contributed by atoms with Crippen molar-refractivity contribution in [3.63, 3.8) is 0 Å². The first kappa shape index (κ1) is 12.6. The van der Waals surface area contributed by atoms with Crippen LogP contribution in [0.15, 0.2) is 12.7 Å². The summed E-state index contributed by atoms with van der Waals surface area (Å²) in [6.45, 7) is 10.3. The van der Waals surface area contributed by atoms with Crippen LogP contribution in [0.5, 0.6) is 0 Å². The van der Waals surface area contributed by atoms with Gasteiger partial charge in [-0.25, -0.2) is 0 Å². The summed E-state index contributed by atoms with van der Waals surface area (Å²) in [6.07, 6.45) is 2.78. The zero-order chi connectivity index (χ0) is 10.3. The third-order valence-corrected chi connectivity index (χ3v) is 1.88. The van der Waals surface area contributed by atoms with Crippen molar-refractivity contribution >= 4 is 0 Å². The molecule has 0 aliphatic heterocycles. The molecule has 0 unspecified atom stereocenters. The van der Waals surface area contributed by atoms with Gasteiger partial charge in [-0.05, 0) is 20.3 Å². The van der Waals surface area contributed by atoms with Gasteiger partial charge in [-0.15, -0.1) is 6.58 Å². The average Bonchev–Trinajstić information content (AvgIpc) is 2.00. The van der Waals surface area contributed by atoms with Crippen LogP contribution in [-0.4, -0.2) is 41.8 Å². The molecule has 0 amide bonds. The van der Waals surface area contributed by atoms with Gasteiger partial charge in [0.25, 0.3) is 0 Å². The van der Waals surface area contributed by atoms with Crippen molar-refractivity contribution in [1.82, 2.24) is 4.90 Å². The largest absolute Gasteiger partial charge is 0.395 e. The molecule has 3 nitrogen and oxygen atoms in total. The number of aliphatic hydroxyl groups is 1. The molecule has 0 saturated carbocycles. The van der Waals surface area contributed by atoms with Crippen LogP contribution in [0.1, 0.15) is 20.3 Å². The summed E-state index contributed by atoms with van der Waals surface area (Å²) in [5, 5.41) is 8.79. The molecular weight excluding hydrogens is 164 g/mol. The average molecular weight is 186 g/mol. The Balaban J connectivity index is 3.74. The summed E-state index contributed by atoms with van der Waals surface area (Å²) in [4.78, 5) is 2.14. The van der Waals surface area contributed by atoms with Crippen molar-refractivity contribution in [3.05, 3.63) is 12.7 Å². The molecule has 0 aromatic carbocycles. The zero-order valence-electron chi connectivity index (χ0n) is 8.79. The lowest BCUT2D eigenvalue weighted by Gasteiger charge is -2.25. The Morgan fingerprint density at radius 1 is 1.46 bits per heavy atom. The first-order valence-electron chi connectivity index (χ1n) is 4.72. The van der Waals surface area contributed by atoms with Gasteiger partial charge in [0, 0.05) is 25.2 Å². The lowest BCUT2D eigenvalue weighted by molar-refractivity contribution is 0.198. The van der Waals surface area contributed by atoms with Gasteiger partial charge >= 0.3 is 0 Å². The Kier molecular flexibility index (Phi) is 5.95. The molecule has 0 heterocycles. The highest BCUT2D eigenvalue weighted by atomic mass is 16.3. The quantitative estimate of drug-likeness (QED) is 0.572. The monoisotopic (exact) mass is 186 g/mol. The Morgan fingerprint density at radius 3 is 2.46 bits per heavy atom. The molecule has 3 N–H and O–H groups in total. The topological polar surface area (TPSA) is 49.5 Å². The third-order valence-electron chi connectivity index (χ3n) is 1.88. The zero-order valence-corrected chi connectivity index (χ0v) is 8.79. The highest BCUT2D eigenvalue weighted by molar-refractivity contribution is 4.78. The first-order chi connectivity index (χ1) is 5.99. The highest BCUT2D eigenvalue weighted by Gasteiger charge is 2.12. The van der Waals surface area contributed by atoms with Gasteiger partial charge < -0.3 is 10.8 Å². The maximum absolute atomic E-state index is 8.79. The highest BCUT2D eigenvalue weighted by Crippen LogP contribution is 2.04. The minimum absolute atomic E-state index is 0.130. The second-order valence-corrected chi connectivity index (χ2v) is 4.05. The summed E-state index contributed by atoms with van der Waals surface area (Å²) < 4.78 is 0. The Morgan fingerprint density at radius 2 is 2.08 bits per heavy atom. The standard InChI is InChI=1S/C10H22N2O/c1-4-6-12(8-9-13)7-5-10(2,3)11/h4,13H,1,5-9,11H2,2-3H3. The molecule has 3 heteroatoms. The van der Waals surface area contributed by atoms with E-state index < -0.39 is 0 Å². The number of nitrogens with two attached hydrogens (primary N) is 1. The lowest BCUT2D eigenvalue weighted by atomic mass is 10.0. The van der Waals surface area contributed by atoms with Crippen LogP contribution in [0.25, 0.3) is 0 Å². The summed E-state index contributed by atoms with van der Waals surface area (Å²) in [6, 6.07) is 0. The Hall–Kier alpha value is -0.380. The fraction of sp³-hybridized carbons (Fsp3) is 0.800. The second-order valence-electron chi connectivity index (χ2n) is 4.05. The molecule has 13 heavy (non-hydrogen) atoms. The van der Waals surface area contributed by atoms with E-state index in [2.05, 4.69) is 11.5 Å². The van der Waals surface area contributed by atoms with Gasteiger partial charge in [-0.1, -0.05) is 6.08 Å². The van der Waals surface area contributed by atoms with Gasteiger partial charge in [0.15, 0.2) is 0 Å². The molecule has 0 radical (unpaired) electrons. The smallest absolute Gasteiger partial charge is 0.0558 e. The SMILES string of the molecule is C=CCN(CCO)CCC(C)(C)N. The van der Waals surface area contributed by atoms with Crippen LogP contribution >= 0.6 is 0 Å². The number of hydrogen-bond acceptors (Lipinski definition) is 3. The predicted molar refractivity (Wildman–Crippen MR) is 56.6 cm³/mol. The number of nitrogens with zero attached hydrogens (tertiary/aromatic N) is 1. The summed E-state index contributed by atoms with van der Waals surface area (Å²) in [5.74, 6) is 0. The van der Waals surface area contributed by atoms with Crippen molar-refractivity contribution in [1.29, 1.82) is 0 Å². The number of rotatable bonds is 7. The fourth-order valence-corrected chi connectivity index (χ4v) is 1.06. The van der Waals surface area contributed by atoms with Crippen molar-refractivity contribution in [3.8, 4) is 0 Å². The molecular formula is C10H22N2O. The van der Waals surface area contributed by atoms with E-state index >= 15 is 0 Å². The summed E-state index contributed by atoms with van der Waals surface area (Å²) >= 11 is 0. The van der Waals surface area contributed by atoms with Gasteiger partial charge in [0.05, 0.1) is 6.61 Å². The van der Waals surface area contributed by atoms with Crippen molar-refractivity contribution in [2.75, 3.05) is 26.2 Å². The van der Waals surface area contributed by atoms with Crippen molar-refractivity contribution in [2.24, 2.45) is 5.73 Å². The normalized spacial score (nSPS) is 12.1. The van der Waals surface area contributed by atoms with E-state index in [-0.39, 0.29) is 12.1 Å². The van der Waals surface area contributed by atoms with E-state index in [1.54, 1.807) is 0 Å². The summed E-state index contributed by atoms with van der Waals surface area (Å²) in [7, 11) is 0. The fourth-order valence-electron chi connectivity index (χ4n) is 1.06. The third kappa shape index (κ3) is 7.96. The minimum Gasteiger partial charge on any atom is -0.395 e. The molecule has 0 rings (SSSR count). The van der Waals surface area contributed by atoms with E-state index in [0.717, 1.165) is 19.5 Å². The molecule has 0 aliphatic rings. The van der Waals surface area contributed by atoms with Gasteiger partial charge in [0.1, 0.15) is 0 Å². The number of aliphatic hydroxyl groups excluding tert-OH is 1. The summed E-state index contributed by atoms with van der Waals surface area (Å²) in [5.41, 5.74) is 5.73. The van der Waals surface area contributed by atoms with E-state index in [1.807, 2.05) is 19.9 Å². The minimum atomic E-state index is -0.130. The molecule has 0 spiro atoms. The second kappa shape index (κ2) is 6.13. The van der Waals surface area contributed by atoms with E-state index in [0.29, 0.717) is 6.54 Å². The molecule has 0 bridgehead atoms. The van der Waals surface area contributed by atoms with Crippen LogP contribution in [-0.2, 0) is 0 Å². The first-order valence-corrected chi connectivity index (χ1v) is 4.72. The molecule has 0 aromatic heterocycles. The molecule has 0 aliphatic carbocycles. The van der Waals surface area contributed by atoms with Crippen molar-refractivity contribution < 1.29 is 5.11 Å². The van der Waals surface area contributed by atoms with Crippen LogP contribution in [0.2, 0.25) is 0 Å². The van der Waals surface area contributed by atoms with Crippen LogP contribution < -0.4 is 5.73 Å². The maximum Gasteiger partial charge on any atom is 0.0558 e. The van der Waals surface area contributed by atoms with E-state index in [9.17, 15) is 0 Å². The number of hydrogen-bond donors (Lipinski definition) is 2. The van der Waals surface area contributed by atoms with Gasteiger partial charge in [-0.3, -0.25) is 4.90 Å². The molecule has 0 atom stereocenters. The molecule has 0 fully saturated rings.